The minimum Gasteiger partial charge on any atom is -0.369 e. The lowest BCUT2D eigenvalue weighted by atomic mass is 10.0. The monoisotopic (exact) mass is 203 g/mol. The van der Waals surface area contributed by atoms with Crippen molar-refractivity contribution in [1.29, 1.82) is 0 Å². The van der Waals surface area contributed by atoms with Crippen molar-refractivity contribution in [3.63, 3.8) is 0 Å². The molecule has 0 unspecified atom stereocenters. The molecule has 3 heteroatoms. The number of nitrogens with zero attached hydrogens (tertiary/aromatic N) is 2. The van der Waals surface area contributed by atoms with Crippen LogP contribution < -0.4 is 5.73 Å². The van der Waals surface area contributed by atoms with E-state index in [0.29, 0.717) is 5.95 Å². The van der Waals surface area contributed by atoms with Gasteiger partial charge in [0.25, 0.3) is 0 Å². The zero-order chi connectivity index (χ0) is 11.3. The number of nitrogens with two attached hydrogens (primary N) is 1. The van der Waals surface area contributed by atoms with Gasteiger partial charge in [0.05, 0.1) is 11.2 Å². The maximum atomic E-state index is 5.92. The fourth-order valence-electron chi connectivity index (χ4n) is 2.23. The predicted octanol–water partition coefficient (Wildman–Crippen LogP) is 2.46. The average molecular weight is 203 g/mol. The smallest absolute Gasteiger partial charge is 0.205 e. The van der Waals surface area contributed by atoms with Gasteiger partial charge >= 0.3 is 0 Å². The first-order chi connectivity index (χ1) is 6.95. The van der Waals surface area contributed by atoms with Crippen molar-refractivity contribution in [2.75, 3.05) is 5.73 Å². The van der Waals surface area contributed by atoms with Crippen LogP contribution in [0.15, 0.2) is 0 Å². The molecule has 0 aliphatic carbocycles. The molecule has 0 atom stereocenters. The van der Waals surface area contributed by atoms with E-state index in [1.807, 2.05) is 11.3 Å². The molecule has 2 rings (SSSR count). The van der Waals surface area contributed by atoms with Gasteiger partial charge in [-0.25, -0.2) is 4.98 Å². The van der Waals surface area contributed by atoms with Crippen LogP contribution in [0.25, 0.3) is 5.52 Å². The molecule has 0 aliphatic rings. The van der Waals surface area contributed by atoms with E-state index in [-0.39, 0.29) is 0 Å². The molecule has 2 aromatic heterocycles. The minimum absolute atomic E-state index is 0.589. The van der Waals surface area contributed by atoms with Crippen LogP contribution >= 0.6 is 0 Å². The van der Waals surface area contributed by atoms with Crippen LogP contribution in [0.1, 0.15) is 28.1 Å². The molecule has 0 saturated heterocycles. The molecule has 0 aromatic carbocycles. The molecule has 0 bridgehead atoms. The van der Waals surface area contributed by atoms with Crippen LogP contribution in [0.3, 0.4) is 0 Å². The summed E-state index contributed by atoms with van der Waals surface area (Å²) in [6.07, 6.45) is 0. The van der Waals surface area contributed by atoms with Crippen LogP contribution in [0, 0.1) is 34.6 Å². The van der Waals surface area contributed by atoms with Crippen molar-refractivity contribution in [3.8, 4) is 0 Å². The Balaban J connectivity index is 3.10. The van der Waals surface area contributed by atoms with E-state index in [9.17, 15) is 0 Å². The van der Waals surface area contributed by atoms with Crippen molar-refractivity contribution in [1.82, 2.24) is 9.38 Å². The second-order valence-corrected chi connectivity index (χ2v) is 4.20. The summed E-state index contributed by atoms with van der Waals surface area (Å²) in [4.78, 5) is 4.33. The zero-order valence-corrected chi connectivity index (χ0v) is 9.97. The van der Waals surface area contributed by atoms with E-state index in [1.165, 1.54) is 22.4 Å². The number of rotatable bonds is 0. The normalized spacial score (nSPS) is 11.3. The molecule has 3 nitrogen and oxygen atoms in total. The van der Waals surface area contributed by atoms with Crippen LogP contribution in [-0.2, 0) is 0 Å². The number of fused-ring (bicyclic) bond motifs is 1. The summed E-state index contributed by atoms with van der Waals surface area (Å²) in [7, 11) is 0. The first-order valence-corrected chi connectivity index (χ1v) is 5.16. The van der Waals surface area contributed by atoms with Crippen molar-refractivity contribution in [2.24, 2.45) is 0 Å². The first-order valence-electron chi connectivity index (χ1n) is 5.16. The van der Waals surface area contributed by atoms with Gasteiger partial charge in [0.1, 0.15) is 0 Å². The third-order valence-electron chi connectivity index (χ3n) is 3.44. The summed E-state index contributed by atoms with van der Waals surface area (Å²) in [6.45, 7) is 10.5. The average Bonchev–Trinajstić information content (AvgIpc) is 2.47. The molecule has 0 fully saturated rings. The SMILES string of the molecule is Cc1c(C)c(C)n2c(N)nc(C)c2c1C. The van der Waals surface area contributed by atoms with Gasteiger partial charge in [-0.2, -0.15) is 0 Å². The van der Waals surface area contributed by atoms with Crippen molar-refractivity contribution in [3.05, 3.63) is 28.1 Å². The van der Waals surface area contributed by atoms with Gasteiger partial charge in [0.15, 0.2) is 0 Å². The largest absolute Gasteiger partial charge is 0.369 e. The van der Waals surface area contributed by atoms with Crippen LogP contribution in [0.5, 0.6) is 0 Å². The Bertz CT molecular complexity index is 502. The fourth-order valence-corrected chi connectivity index (χ4v) is 2.23. The Labute approximate surface area is 89.9 Å². The molecule has 0 radical (unpaired) electrons. The summed E-state index contributed by atoms with van der Waals surface area (Å²) in [5.74, 6) is 0.589. The summed E-state index contributed by atoms with van der Waals surface area (Å²) in [5, 5.41) is 0. The summed E-state index contributed by atoms with van der Waals surface area (Å²) < 4.78 is 2.05. The predicted molar refractivity (Wildman–Crippen MR) is 63.3 cm³/mol. The number of hydrogen-bond donors (Lipinski definition) is 1. The highest BCUT2D eigenvalue weighted by Gasteiger charge is 2.14. The van der Waals surface area contributed by atoms with Crippen molar-refractivity contribution in [2.45, 2.75) is 34.6 Å². The van der Waals surface area contributed by atoms with Crippen molar-refractivity contribution >= 4 is 11.5 Å². The maximum absolute atomic E-state index is 5.92. The Hall–Kier alpha value is -1.51. The highest BCUT2D eigenvalue weighted by Crippen LogP contribution is 2.26. The third kappa shape index (κ3) is 1.16. The van der Waals surface area contributed by atoms with E-state index in [2.05, 4.69) is 32.7 Å². The number of pyridine rings is 1. The second kappa shape index (κ2) is 2.99. The van der Waals surface area contributed by atoms with Gasteiger partial charge < -0.3 is 5.73 Å². The van der Waals surface area contributed by atoms with Crippen LogP contribution in [0.4, 0.5) is 5.95 Å². The van der Waals surface area contributed by atoms with E-state index in [1.54, 1.807) is 0 Å². The lowest BCUT2D eigenvalue weighted by Gasteiger charge is -2.13. The van der Waals surface area contributed by atoms with Gasteiger partial charge in [-0.05, 0) is 51.3 Å². The molecule has 15 heavy (non-hydrogen) atoms. The Morgan fingerprint density at radius 3 is 2.13 bits per heavy atom. The number of aromatic nitrogens is 2. The van der Waals surface area contributed by atoms with Crippen molar-refractivity contribution < 1.29 is 0 Å². The molecule has 2 heterocycles. The molecule has 0 amide bonds. The fraction of sp³-hybridized carbons (Fsp3) is 0.417. The Morgan fingerprint density at radius 1 is 0.933 bits per heavy atom. The van der Waals surface area contributed by atoms with E-state index >= 15 is 0 Å². The Morgan fingerprint density at radius 2 is 1.53 bits per heavy atom. The third-order valence-corrected chi connectivity index (χ3v) is 3.44. The summed E-state index contributed by atoms with van der Waals surface area (Å²) in [6, 6.07) is 0. The van der Waals surface area contributed by atoms with E-state index < -0.39 is 0 Å². The molecular formula is C12H17N3. The van der Waals surface area contributed by atoms with Gasteiger partial charge in [0, 0.05) is 5.69 Å². The molecule has 0 saturated carbocycles. The number of imidazole rings is 1. The van der Waals surface area contributed by atoms with Crippen LogP contribution in [0.2, 0.25) is 0 Å². The number of hydrogen-bond acceptors (Lipinski definition) is 2. The number of aryl methyl sites for hydroxylation is 3. The zero-order valence-electron chi connectivity index (χ0n) is 9.97. The molecule has 80 valence electrons. The van der Waals surface area contributed by atoms with E-state index in [0.717, 1.165) is 11.2 Å². The highest BCUT2D eigenvalue weighted by molar-refractivity contribution is 5.66. The molecule has 0 aliphatic heterocycles. The Kier molecular flexibility index (Phi) is 2.00. The van der Waals surface area contributed by atoms with E-state index in [4.69, 9.17) is 5.73 Å². The van der Waals surface area contributed by atoms with Gasteiger partial charge in [-0.3, -0.25) is 4.40 Å². The van der Waals surface area contributed by atoms with Gasteiger partial charge in [0.2, 0.25) is 5.95 Å². The summed E-state index contributed by atoms with van der Waals surface area (Å²) >= 11 is 0. The first kappa shape index (κ1) is 10.0. The van der Waals surface area contributed by atoms with Gasteiger partial charge in [-0.1, -0.05) is 0 Å². The minimum atomic E-state index is 0.589. The lowest BCUT2D eigenvalue weighted by molar-refractivity contribution is 1.03. The lowest BCUT2D eigenvalue weighted by Crippen LogP contribution is -2.03. The summed E-state index contributed by atoms with van der Waals surface area (Å²) in [5.41, 5.74) is 13.2. The topological polar surface area (TPSA) is 43.3 Å². The standard InChI is InChI=1S/C12H17N3/c1-6-7(2)10(5)15-11(8(6)3)9(4)14-12(15)13/h1-5H3,(H2,13,14). The molecule has 0 spiro atoms. The number of nitrogen functional groups attached to an aromatic ring is 1. The van der Waals surface area contributed by atoms with Gasteiger partial charge in [-0.15, -0.1) is 0 Å². The van der Waals surface area contributed by atoms with Crippen LogP contribution in [-0.4, -0.2) is 9.38 Å². The molecule has 2 N–H and O–H groups in total. The molecule has 2 aromatic rings. The quantitative estimate of drug-likeness (QED) is 0.714. The number of anilines is 1. The maximum Gasteiger partial charge on any atom is 0.205 e. The molecular weight excluding hydrogens is 186 g/mol. The second-order valence-electron chi connectivity index (χ2n) is 4.20. The highest BCUT2D eigenvalue weighted by atomic mass is 15.1.